The summed E-state index contributed by atoms with van der Waals surface area (Å²) in [7, 11) is 1.96. The average Bonchev–Trinajstić information content (AvgIpc) is 2.41. The third kappa shape index (κ3) is 2.90. The smallest absolute Gasteiger partial charge is 0.130 e. The van der Waals surface area contributed by atoms with Crippen molar-refractivity contribution in [1.29, 1.82) is 0 Å². The third-order valence-corrected chi connectivity index (χ3v) is 3.11. The molecule has 2 aromatic carbocycles. The van der Waals surface area contributed by atoms with E-state index in [1.165, 1.54) is 5.56 Å². The third-order valence-electron chi connectivity index (χ3n) is 3.11. The molecule has 0 fully saturated rings. The second-order valence-electron chi connectivity index (χ2n) is 4.45. The van der Waals surface area contributed by atoms with Crippen LogP contribution in [0, 0.1) is 6.92 Å². The van der Waals surface area contributed by atoms with Gasteiger partial charge >= 0.3 is 0 Å². The highest BCUT2D eigenvalue weighted by Gasteiger charge is 2.05. The molecule has 0 saturated heterocycles. The Morgan fingerprint density at radius 3 is 2.56 bits per heavy atom. The lowest BCUT2D eigenvalue weighted by molar-refractivity contribution is 0.477. The second kappa shape index (κ2) is 5.69. The van der Waals surface area contributed by atoms with E-state index in [9.17, 15) is 0 Å². The van der Waals surface area contributed by atoms with Gasteiger partial charge in [0, 0.05) is 6.04 Å². The van der Waals surface area contributed by atoms with Crippen molar-refractivity contribution in [2.75, 3.05) is 7.05 Å². The zero-order valence-corrected chi connectivity index (χ0v) is 11.1. The number of hydrogen-bond donors (Lipinski definition) is 1. The number of hydrogen-bond acceptors (Lipinski definition) is 2. The van der Waals surface area contributed by atoms with Crippen molar-refractivity contribution >= 4 is 0 Å². The van der Waals surface area contributed by atoms with Crippen LogP contribution in [-0.4, -0.2) is 7.05 Å². The molecule has 1 atom stereocenters. The monoisotopic (exact) mass is 241 g/mol. The van der Waals surface area contributed by atoms with E-state index in [1.807, 2.05) is 37.4 Å². The molecule has 1 unspecified atom stereocenters. The molecule has 0 saturated carbocycles. The van der Waals surface area contributed by atoms with Gasteiger partial charge in [0.15, 0.2) is 0 Å². The first-order valence-corrected chi connectivity index (χ1v) is 6.21. The Balaban J connectivity index is 2.22. The minimum Gasteiger partial charge on any atom is -0.457 e. The molecule has 0 amide bonds. The fourth-order valence-corrected chi connectivity index (χ4v) is 1.81. The van der Waals surface area contributed by atoms with Crippen molar-refractivity contribution in [3.63, 3.8) is 0 Å². The molecule has 0 bridgehead atoms. The van der Waals surface area contributed by atoms with Crippen molar-refractivity contribution < 1.29 is 4.74 Å². The first-order chi connectivity index (χ1) is 8.70. The zero-order chi connectivity index (χ0) is 13.0. The molecule has 94 valence electrons. The first kappa shape index (κ1) is 12.7. The molecule has 0 aromatic heterocycles. The molecule has 18 heavy (non-hydrogen) atoms. The quantitative estimate of drug-likeness (QED) is 0.871. The van der Waals surface area contributed by atoms with Crippen LogP contribution in [-0.2, 0) is 0 Å². The van der Waals surface area contributed by atoms with Gasteiger partial charge in [-0.25, -0.2) is 0 Å². The largest absolute Gasteiger partial charge is 0.457 e. The van der Waals surface area contributed by atoms with Gasteiger partial charge in [0.05, 0.1) is 0 Å². The van der Waals surface area contributed by atoms with Gasteiger partial charge in [-0.05, 0) is 50.2 Å². The second-order valence-corrected chi connectivity index (χ2v) is 4.45. The topological polar surface area (TPSA) is 21.3 Å². The Morgan fingerprint density at radius 2 is 1.83 bits per heavy atom. The average molecular weight is 241 g/mol. The lowest BCUT2D eigenvalue weighted by atomic mass is 10.1. The SMILES string of the molecule is CNC(C)c1cccc(Oc2ccccc2C)c1. The summed E-state index contributed by atoms with van der Waals surface area (Å²) in [6.07, 6.45) is 0. The molecule has 0 aliphatic rings. The van der Waals surface area contributed by atoms with E-state index < -0.39 is 0 Å². The van der Waals surface area contributed by atoms with E-state index >= 15 is 0 Å². The first-order valence-electron chi connectivity index (χ1n) is 6.21. The number of rotatable bonds is 4. The molecular formula is C16H19NO. The molecule has 0 heterocycles. The van der Waals surface area contributed by atoms with Gasteiger partial charge < -0.3 is 10.1 Å². The van der Waals surface area contributed by atoms with Gasteiger partial charge in [-0.1, -0.05) is 30.3 Å². The lowest BCUT2D eigenvalue weighted by Gasteiger charge is -2.13. The van der Waals surface area contributed by atoms with Crippen LogP contribution in [0.4, 0.5) is 0 Å². The maximum atomic E-state index is 5.92. The molecule has 2 aromatic rings. The fourth-order valence-electron chi connectivity index (χ4n) is 1.81. The lowest BCUT2D eigenvalue weighted by Crippen LogP contribution is -2.12. The standard InChI is InChI=1S/C16H19NO/c1-12-7-4-5-10-16(12)18-15-9-6-8-14(11-15)13(2)17-3/h4-11,13,17H,1-3H3. The van der Waals surface area contributed by atoms with Crippen molar-refractivity contribution in [1.82, 2.24) is 5.32 Å². The molecule has 0 aliphatic carbocycles. The highest BCUT2D eigenvalue weighted by atomic mass is 16.5. The van der Waals surface area contributed by atoms with Crippen LogP contribution >= 0.6 is 0 Å². The minimum atomic E-state index is 0.324. The molecule has 2 heteroatoms. The molecule has 0 radical (unpaired) electrons. The van der Waals surface area contributed by atoms with Gasteiger partial charge in [-0.2, -0.15) is 0 Å². The summed E-state index contributed by atoms with van der Waals surface area (Å²) in [6, 6.07) is 16.6. The molecule has 1 N–H and O–H groups in total. The van der Waals surface area contributed by atoms with E-state index in [-0.39, 0.29) is 0 Å². The number of nitrogens with one attached hydrogen (secondary N) is 1. The summed E-state index contributed by atoms with van der Waals surface area (Å²) in [4.78, 5) is 0. The summed E-state index contributed by atoms with van der Waals surface area (Å²) < 4.78 is 5.92. The van der Waals surface area contributed by atoms with E-state index in [1.54, 1.807) is 0 Å². The highest BCUT2D eigenvalue weighted by molar-refractivity contribution is 5.38. The van der Waals surface area contributed by atoms with Gasteiger partial charge in [0.1, 0.15) is 11.5 Å². The molecule has 2 rings (SSSR count). The maximum absolute atomic E-state index is 5.92. The van der Waals surface area contributed by atoms with Crippen LogP contribution in [0.5, 0.6) is 11.5 Å². The van der Waals surface area contributed by atoms with Crippen molar-refractivity contribution in [3.8, 4) is 11.5 Å². The van der Waals surface area contributed by atoms with Crippen LogP contribution in [0.25, 0.3) is 0 Å². The van der Waals surface area contributed by atoms with Gasteiger partial charge in [-0.3, -0.25) is 0 Å². The molecular weight excluding hydrogens is 222 g/mol. The number of aryl methyl sites for hydroxylation is 1. The predicted molar refractivity (Wildman–Crippen MR) is 75.2 cm³/mol. The zero-order valence-electron chi connectivity index (χ0n) is 11.1. The summed E-state index contributed by atoms with van der Waals surface area (Å²) in [5.41, 5.74) is 2.37. The summed E-state index contributed by atoms with van der Waals surface area (Å²) in [5, 5.41) is 3.23. The molecule has 0 aliphatic heterocycles. The Labute approximate surface area is 109 Å². The molecule has 2 nitrogen and oxygen atoms in total. The van der Waals surface area contributed by atoms with Crippen LogP contribution in [0.15, 0.2) is 48.5 Å². The number of para-hydroxylation sites is 1. The van der Waals surface area contributed by atoms with Crippen molar-refractivity contribution in [2.45, 2.75) is 19.9 Å². The van der Waals surface area contributed by atoms with Crippen LogP contribution < -0.4 is 10.1 Å². The summed E-state index contributed by atoms with van der Waals surface area (Å²) in [5.74, 6) is 1.79. The van der Waals surface area contributed by atoms with Crippen LogP contribution in [0.1, 0.15) is 24.1 Å². The Morgan fingerprint density at radius 1 is 1.06 bits per heavy atom. The Kier molecular flexibility index (Phi) is 4.00. The van der Waals surface area contributed by atoms with E-state index in [0.717, 1.165) is 17.1 Å². The minimum absolute atomic E-state index is 0.324. The summed E-state index contributed by atoms with van der Waals surface area (Å²) in [6.45, 7) is 4.18. The maximum Gasteiger partial charge on any atom is 0.130 e. The van der Waals surface area contributed by atoms with E-state index in [0.29, 0.717) is 6.04 Å². The van der Waals surface area contributed by atoms with E-state index in [4.69, 9.17) is 4.74 Å². The van der Waals surface area contributed by atoms with Gasteiger partial charge in [0.25, 0.3) is 0 Å². The Hall–Kier alpha value is -1.80. The van der Waals surface area contributed by atoms with Crippen molar-refractivity contribution in [2.24, 2.45) is 0 Å². The number of benzene rings is 2. The fraction of sp³-hybridized carbons (Fsp3) is 0.250. The van der Waals surface area contributed by atoms with Crippen molar-refractivity contribution in [3.05, 3.63) is 59.7 Å². The summed E-state index contributed by atoms with van der Waals surface area (Å²) >= 11 is 0. The number of ether oxygens (including phenoxy) is 1. The molecule has 0 spiro atoms. The van der Waals surface area contributed by atoms with Gasteiger partial charge in [-0.15, -0.1) is 0 Å². The van der Waals surface area contributed by atoms with E-state index in [2.05, 4.69) is 37.4 Å². The van der Waals surface area contributed by atoms with Crippen LogP contribution in [0.3, 0.4) is 0 Å². The van der Waals surface area contributed by atoms with Crippen LogP contribution in [0.2, 0.25) is 0 Å². The normalized spacial score (nSPS) is 12.2. The van der Waals surface area contributed by atoms with Gasteiger partial charge in [0.2, 0.25) is 0 Å². The predicted octanol–water partition coefficient (Wildman–Crippen LogP) is 4.07. The highest BCUT2D eigenvalue weighted by Crippen LogP contribution is 2.26. The Bertz CT molecular complexity index is 522.